The maximum Gasteiger partial charge on any atom is 0.336 e. The molecule has 4 nitrogen and oxygen atoms in total. The van der Waals surface area contributed by atoms with Crippen molar-refractivity contribution in [1.29, 1.82) is 0 Å². The Morgan fingerprint density at radius 3 is 2.55 bits per heavy atom. The van der Waals surface area contributed by atoms with Crippen LogP contribution in [0.2, 0.25) is 0 Å². The van der Waals surface area contributed by atoms with E-state index in [4.69, 9.17) is 4.74 Å². The number of thiophene rings is 1. The van der Waals surface area contributed by atoms with Crippen LogP contribution in [0.4, 0.5) is 0 Å². The Kier molecular flexibility index (Phi) is 5.89. The molecule has 1 aromatic carbocycles. The fourth-order valence-electron chi connectivity index (χ4n) is 4.58. The van der Waals surface area contributed by atoms with Crippen LogP contribution >= 0.6 is 11.3 Å². The summed E-state index contributed by atoms with van der Waals surface area (Å²) in [6.45, 7) is 8.50. The highest BCUT2D eigenvalue weighted by Crippen LogP contribution is 2.48. The van der Waals surface area contributed by atoms with Crippen LogP contribution < -0.4 is 5.32 Å². The largest absolute Gasteiger partial charge is 0.462 e. The molecule has 2 aromatic rings. The molecule has 4 rings (SSSR count). The molecule has 1 aliphatic carbocycles. The van der Waals surface area contributed by atoms with Gasteiger partial charge in [-0.15, -0.1) is 11.3 Å². The highest BCUT2D eigenvalue weighted by molar-refractivity contribution is 7.12. The van der Waals surface area contributed by atoms with Crippen molar-refractivity contribution < 1.29 is 14.3 Å². The number of Topliss-reactive ketones (excluding diaryl/α,β-unsaturated/α-hetero) is 1. The lowest BCUT2D eigenvalue weighted by Gasteiger charge is -2.39. The standard InChI is InChI=1S/C26H29NO3S/c1-16-10-11-21(31-16)24-22(25(29)30-13-12-18-8-6-5-7-9-18)17(2)27-19-14-26(3,4)15-20(28)23(19)24/h5-11,24,27H,12-15H2,1-4H3/t24-/m0/s1. The molecule has 31 heavy (non-hydrogen) atoms. The molecule has 1 aliphatic heterocycles. The normalized spacial score (nSPS) is 20.4. The van der Waals surface area contributed by atoms with Gasteiger partial charge in [0.2, 0.25) is 0 Å². The Morgan fingerprint density at radius 2 is 1.87 bits per heavy atom. The molecule has 0 saturated carbocycles. The lowest BCUT2D eigenvalue weighted by atomic mass is 9.70. The second-order valence-electron chi connectivity index (χ2n) is 9.25. The summed E-state index contributed by atoms with van der Waals surface area (Å²) in [5.41, 5.74) is 4.07. The lowest BCUT2D eigenvalue weighted by Crippen LogP contribution is -2.38. The molecular formula is C26H29NO3S. The summed E-state index contributed by atoms with van der Waals surface area (Å²) < 4.78 is 5.70. The third-order valence-corrected chi connectivity index (χ3v) is 7.04. The smallest absolute Gasteiger partial charge is 0.336 e. The molecule has 0 amide bonds. The highest BCUT2D eigenvalue weighted by atomic mass is 32.1. The summed E-state index contributed by atoms with van der Waals surface area (Å²) in [6, 6.07) is 14.1. The summed E-state index contributed by atoms with van der Waals surface area (Å²) in [7, 11) is 0. The Hall–Kier alpha value is -2.66. The third kappa shape index (κ3) is 4.52. The lowest BCUT2D eigenvalue weighted by molar-refractivity contribution is -0.139. The SMILES string of the molecule is CC1=C(C(=O)OCCc2ccccc2)[C@H](c2ccc(C)s2)C2=C(CC(C)(C)CC2=O)N1. The zero-order valence-electron chi connectivity index (χ0n) is 18.6. The van der Waals surface area contributed by atoms with Crippen molar-refractivity contribution >= 4 is 23.1 Å². The van der Waals surface area contributed by atoms with Crippen molar-refractivity contribution in [2.24, 2.45) is 5.41 Å². The third-order valence-electron chi connectivity index (χ3n) is 5.97. The van der Waals surface area contributed by atoms with E-state index in [2.05, 4.69) is 19.2 Å². The fourth-order valence-corrected chi connectivity index (χ4v) is 5.58. The van der Waals surface area contributed by atoms with E-state index in [0.717, 1.165) is 38.7 Å². The van der Waals surface area contributed by atoms with Gasteiger partial charge in [0.1, 0.15) is 0 Å². The number of rotatable bonds is 5. The molecule has 1 N–H and O–H groups in total. The number of allylic oxidation sites excluding steroid dienone is 3. The number of benzene rings is 1. The zero-order valence-corrected chi connectivity index (χ0v) is 19.4. The predicted octanol–water partition coefficient (Wildman–Crippen LogP) is 5.45. The molecule has 2 aliphatic rings. The Morgan fingerprint density at radius 1 is 1.13 bits per heavy atom. The van der Waals surface area contributed by atoms with E-state index >= 15 is 0 Å². The molecule has 1 aromatic heterocycles. The number of ketones is 1. The predicted molar refractivity (Wildman–Crippen MR) is 124 cm³/mol. The minimum atomic E-state index is -0.359. The first kappa shape index (κ1) is 21.6. The highest BCUT2D eigenvalue weighted by Gasteiger charge is 2.43. The number of hydrogen-bond donors (Lipinski definition) is 1. The molecule has 0 saturated heterocycles. The average molecular weight is 436 g/mol. The van der Waals surface area contributed by atoms with Gasteiger partial charge in [0.15, 0.2) is 5.78 Å². The van der Waals surface area contributed by atoms with Gasteiger partial charge in [-0.3, -0.25) is 4.79 Å². The second-order valence-corrected chi connectivity index (χ2v) is 10.6. The molecule has 5 heteroatoms. The van der Waals surface area contributed by atoms with Gasteiger partial charge in [-0.05, 0) is 43.4 Å². The average Bonchev–Trinajstić information content (AvgIpc) is 3.12. The van der Waals surface area contributed by atoms with Crippen LogP contribution in [0.1, 0.15) is 54.8 Å². The van der Waals surface area contributed by atoms with Crippen LogP contribution in [0.3, 0.4) is 0 Å². The summed E-state index contributed by atoms with van der Waals surface area (Å²) in [6.07, 6.45) is 1.95. The zero-order chi connectivity index (χ0) is 22.2. The van der Waals surface area contributed by atoms with Crippen LogP contribution in [0, 0.1) is 12.3 Å². The minimum Gasteiger partial charge on any atom is -0.462 e. The number of dihydropyridines is 1. The molecule has 0 bridgehead atoms. The van der Waals surface area contributed by atoms with Crippen LogP contribution in [0.5, 0.6) is 0 Å². The minimum absolute atomic E-state index is 0.0905. The van der Waals surface area contributed by atoms with Crippen molar-refractivity contribution in [3.05, 3.63) is 80.3 Å². The first-order chi connectivity index (χ1) is 14.7. The van der Waals surface area contributed by atoms with E-state index in [-0.39, 0.29) is 23.1 Å². The van der Waals surface area contributed by atoms with E-state index in [1.165, 1.54) is 0 Å². The summed E-state index contributed by atoms with van der Waals surface area (Å²) in [5, 5.41) is 3.39. The second kappa shape index (κ2) is 8.46. The van der Waals surface area contributed by atoms with Gasteiger partial charge < -0.3 is 10.1 Å². The monoisotopic (exact) mass is 435 g/mol. The van der Waals surface area contributed by atoms with Crippen LogP contribution in [-0.4, -0.2) is 18.4 Å². The number of carbonyl (C=O) groups excluding carboxylic acids is 2. The topological polar surface area (TPSA) is 55.4 Å². The number of hydrogen-bond acceptors (Lipinski definition) is 5. The van der Waals surface area contributed by atoms with Gasteiger partial charge in [-0.1, -0.05) is 44.2 Å². The van der Waals surface area contributed by atoms with Crippen molar-refractivity contribution in [2.45, 2.75) is 52.9 Å². The maximum absolute atomic E-state index is 13.2. The molecule has 2 heterocycles. The first-order valence-corrected chi connectivity index (χ1v) is 11.6. The quantitative estimate of drug-likeness (QED) is 0.635. The molecule has 0 unspecified atom stereocenters. The van der Waals surface area contributed by atoms with Gasteiger partial charge in [-0.25, -0.2) is 4.79 Å². The summed E-state index contributed by atoms with van der Waals surface area (Å²) >= 11 is 1.64. The number of nitrogens with one attached hydrogen (secondary N) is 1. The molecular weight excluding hydrogens is 406 g/mol. The summed E-state index contributed by atoms with van der Waals surface area (Å²) in [4.78, 5) is 28.7. The van der Waals surface area contributed by atoms with Crippen molar-refractivity contribution in [1.82, 2.24) is 5.32 Å². The van der Waals surface area contributed by atoms with Gasteiger partial charge >= 0.3 is 5.97 Å². The van der Waals surface area contributed by atoms with E-state index in [1.54, 1.807) is 11.3 Å². The molecule has 0 fully saturated rings. The van der Waals surface area contributed by atoms with E-state index in [1.807, 2.05) is 56.3 Å². The first-order valence-electron chi connectivity index (χ1n) is 10.8. The Bertz CT molecular complexity index is 1080. The van der Waals surface area contributed by atoms with Gasteiger partial charge in [0, 0.05) is 39.6 Å². The van der Waals surface area contributed by atoms with E-state index < -0.39 is 0 Å². The van der Waals surface area contributed by atoms with Crippen molar-refractivity contribution in [3.63, 3.8) is 0 Å². The van der Waals surface area contributed by atoms with Crippen molar-refractivity contribution in [3.8, 4) is 0 Å². The number of esters is 1. The van der Waals surface area contributed by atoms with E-state index in [9.17, 15) is 9.59 Å². The van der Waals surface area contributed by atoms with Gasteiger partial charge in [-0.2, -0.15) is 0 Å². The molecule has 0 radical (unpaired) electrons. The van der Waals surface area contributed by atoms with Crippen LogP contribution in [0.15, 0.2) is 65.0 Å². The number of aryl methyl sites for hydroxylation is 1. The molecule has 1 atom stereocenters. The Balaban J connectivity index is 1.64. The van der Waals surface area contributed by atoms with Crippen LogP contribution in [-0.2, 0) is 20.7 Å². The Labute approximate surface area is 188 Å². The maximum atomic E-state index is 13.2. The number of carbonyl (C=O) groups is 2. The van der Waals surface area contributed by atoms with E-state index in [0.29, 0.717) is 25.0 Å². The summed E-state index contributed by atoms with van der Waals surface area (Å²) in [5.74, 6) is -0.583. The van der Waals surface area contributed by atoms with Crippen LogP contribution in [0.25, 0.3) is 0 Å². The van der Waals surface area contributed by atoms with Gasteiger partial charge in [0.05, 0.1) is 18.1 Å². The van der Waals surface area contributed by atoms with Gasteiger partial charge in [0.25, 0.3) is 0 Å². The fraction of sp³-hybridized carbons (Fsp3) is 0.385. The van der Waals surface area contributed by atoms with Crippen molar-refractivity contribution in [2.75, 3.05) is 6.61 Å². The molecule has 0 spiro atoms. The number of ether oxygens (including phenoxy) is 1. The molecule has 162 valence electrons.